The number of carbonyl (C=O) groups excluding carboxylic acids is 1. The van der Waals surface area contributed by atoms with E-state index in [1.807, 2.05) is 0 Å². The zero-order chi connectivity index (χ0) is 5.54. The molecule has 0 rings (SSSR count). The normalized spacial score (nSPS) is 8.71. The molecule has 1 radical (unpaired) electrons. The second-order valence-corrected chi connectivity index (χ2v) is 1.10. The van der Waals surface area contributed by atoms with Crippen LogP contribution in [0.2, 0.25) is 0 Å². The van der Waals surface area contributed by atoms with E-state index in [0.29, 0.717) is 6.61 Å². The van der Waals surface area contributed by atoms with Crippen molar-refractivity contribution in [3.63, 3.8) is 0 Å². The second kappa shape index (κ2) is 5.63. The minimum Gasteiger partial charge on any atom is -0.374 e. The molecule has 41 valence electrons. The topological polar surface area (TPSA) is 26.3 Å². The Bertz CT molecular complexity index is 43.3. The van der Waals surface area contributed by atoms with Crippen LogP contribution in [0.15, 0.2) is 0 Å². The fraction of sp³-hybridized carbons (Fsp3) is 0.600. The highest BCUT2D eigenvalue weighted by atomic mass is 16.5. The molecule has 2 nitrogen and oxygen atoms in total. The highest BCUT2D eigenvalue weighted by molar-refractivity contribution is 5.50. The average Bonchev–Trinajstić information content (AvgIpc) is 1.69. The standard InChI is InChI=1S/C5H9O2/c1-2-4-7-5-3-6/h3H,1-2,4-5H2. The van der Waals surface area contributed by atoms with Crippen molar-refractivity contribution >= 4 is 6.29 Å². The van der Waals surface area contributed by atoms with Crippen LogP contribution in [0.3, 0.4) is 0 Å². The highest BCUT2D eigenvalue weighted by Gasteiger charge is 1.77. The number of aldehydes is 1. The zero-order valence-electron chi connectivity index (χ0n) is 4.22. The zero-order valence-corrected chi connectivity index (χ0v) is 4.22. The number of hydrogen-bond acceptors (Lipinski definition) is 2. The van der Waals surface area contributed by atoms with E-state index >= 15 is 0 Å². The third-order valence-corrected chi connectivity index (χ3v) is 0.475. The predicted octanol–water partition coefficient (Wildman–Crippen LogP) is 0.426. The summed E-state index contributed by atoms with van der Waals surface area (Å²) in [6, 6.07) is 0. The lowest BCUT2D eigenvalue weighted by atomic mass is 10.5. The molecular formula is C5H9O2. The fourth-order valence-corrected chi connectivity index (χ4v) is 0.234. The van der Waals surface area contributed by atoms with Gasteiger partial charge in [-0.1, -0.05) is 6.92 Å². The third kappa shape index (κ3) is 5.63. The largest absolute Gasteiger partial charge is 0.374 e. The molecule has 0 heterocycles. The van der Waals surface area contributed by atoms with Crippen LogP contribution in [-0.2, 0) is 9.53 Å². The van der Waals surface area contributed by atoms with E-state index in [9.17, 15) is 4.79 Å². The molecular weight excluding hydrogens is 92.1 g/mol. The average molecular weight is 101 g/mol. The van der Waals surface area contributed by atoms with Gasteiger partial charge < -0.3 is 9.53 Å². The fourth-order valence-electron chi connectivity index (χ4n) is 0.234. The first kappa shape index (κ1) is 6.63. The molecule has 0 aromatic heterocycles. The first-order valence-electron chi connectivity index (χ1n) is 2.22. The summed E-state index contributed by atoms with van der Waals surface area (Å²) in [4.78, 5) is 9.53. The molecule has 0 saturated heterocycles. The molecule has 0 aromatic rings. The molecule has 0 aromatic carbocycles. The van der Waals surface area contributed by atoms with Crippen molar-refractivity contribution in [1.82, 2.24) is 0 Å². The Morgan fingerprint density at radius 1 is 1.71 bits per heavy atom. The van der Waals surface area contributed by atoms with Gasteiger partial charge in [0.2, 0.25) is 0 Å². The van der Waals surface area contributed by atoms with Crippen LogP contribution in [0.1, 0.15) is 6.42 Å². The summed E-state index contributed by atoms with van der Waals surface area (Å²) < 4.78 is 4.70. The van der Waals surface area contributed by atoms with Crippen molar-refractivity contribution in [2.24, 2.45) is 0 Å². The molecule has 2 heteroatoms. The van der Waals surface area contributed by atoms with Crippen LogP contribution in [-0.4, -0.2) is 19.5 Å². The predicted molar refractivity (Wildman–Crippen MR) is 26.9 cm³/mol. The minimum absolute atomic E-state index is 0.204. The Balaban J connectivity index is 2.56. The van der Waals surface area contributed by atoms with Gasteiger partial charge in [-0.2, -0.15) is 0 Å². The first-order chi connectivity index (χ1) is 3.41. The maximum absolute atomic E-state index is 9.53. The van der Waals surface area contributed by atoms with E-state index in [4.69, 9.17) is 4.74 Å². The van der Waals surface area contributed by atoms with Crippen LogP contribution in [0.5, 0.6) is 0 Å². The molecule has 0 fully saturated rings. The molecule has 7 heavy (non-hydrogen) atoms. The van der Waals surface area contributed by atoms with Crippen LogP contribution in [0.25, 0.3) is 0 Å². The van der Waals surface area contributed by atoms with Crippen molar-refractivity contribution in [2.75, 3.05) is 13.2 Å². The lowest BCUT2D eigenvalue weighted by molar-refractivity contribution is -0.111. The van der Waals surface area contributed by atoms with Crippen LogP contribution >= 0.6 is 0 Å². The van der Waals surface area contributed by atoms with Crippen LogP contribution in [0.4, 0.5) is 0 Å². The summed E-state index contributed by atoms with van der Waals surface area (Å²) in [5.74, 6) is 0. The van der Waals surface area contributed by atoms with Gasteiger partial charge in [0.1, 0.15) is 12.9 Å². The molecule has 0 aliphatic heterocycles. The van der Waals surface area contributed by atoms with Crippen LogP contribution < -0.4 is 0 Å². The lowest BCUT2D eigenvalue weighted by Crippen LogP contribution is -1.94. The van der Waals surface area contributed by atoms with Crippen molar-refractivity contribution in [1.29, 1.82) is 0 Å². The number of rotatable bonds is 4. The highest BCUT2D eigenvalue weighted by Crippen LogP contribution is 1.74. The van der Waals surface area contributed by atoms with E-state index < -0.39 is 0 Å². The number of ether oxygens (including phenoxy) is 1. The first-order valence-corrected chi connectivity index (χ1v) is 2.22. The van der Waals surface area contributed by atoms with Crippen molar-refractivity contribution in [3.8, 4) is 0 Å². The molecule has 0 amide bonds. The summed E-state index contributed by atoms with van der Waals surface area (Å²) in [6.07, 6.45) is 1.46. The number of hydrogen-bond donors (Lipinski definition) is 0. The van der Waals surface area contributed by atoms with Gasteiger partial charge in [0.25, 0.3) is 0 Å². The van der Waals surface area contributed by atoms with Crippen molar-refractivity contribution < 1.29 is 9.53 Å². The van der Waals surface area contributed by atoms with Gasteiger partial charge in [-0.25, -0.2) is 0 Å². The monoisotopic (exact) mass is 101 g/mol. The van der Waals surface area contributed by atoms with Crippen molar-refractivity contribution in [3.05, 3.63) is 6.92 Å². The van der Waals surface area contributed by atoms with E-state index in [1.54, 1.807) is 0 Å². The van der Waals surface area contributed by atoms with E-state index in [-0.39, 0.29) is 6.61 Å². The quantitative estimate of drug-likeness (QED) is 0.379. The maximum Gasteiger partial charge on any atom is 0.145 e. The third-order valence-electron chi connectivity index (χ3n) is 0.475. The van der Waals surface area contributed by atoms with E-state index in [2.05, 4.69) is 6.92 Å². The summed E-state index contributed by atoms with van der Waals surface area (Å²) in [5.41, 5.74) is 0. The van der Waals surface area contributed by atoms with Gasteiger partial charge in [0.15, 0.2) is 0 Å². The Labute approximate surface area is 43.5 Å². The Hall–Kier alpha value is -0.370. The van der Waals surface area contributed by atoms with Gasteiger partial charge in [0, 0.05) is 6.61 Å². The lowest BCUT2D eigenvalue weighted by Gasteiger charge is -1.90. The molecule has 0 saturated carbocycles. The molecule has 0 bridgehead atoms. The Morgan fingerprint density at radius 2 is 2.43 bits per heavy atom. The molecule has 0 spiro atoms. The number of carbonyl (C=O) groups is 1. The van der Waals surface area contributed by atoms with Gasteiger partial charge in [-0.3, -0.25) is 0 Å². The van der Waals surface area contributed by atoms with Gasteiger partial charge >= 0.3 is 0 Å². The summed E-state index contributed by atoms with van der Waals surface area (Å²) in [5, 5.41) is 0. The second-order valence-electron chi connectivity index (χ2n) is 1.10. The van der Waals surface area contributed by atoms with Gasteiger partial charge in [0.05, 0.1) is 0 Å². The van der Waals surface area contributed by atoms with Gasteiger partial charge in [-0.15, -0.1) is 0 Å². The maximum atomic E-state index is 9.53. The van der Waals surface area contributed by atoms with E-state index in [0.717, 1.165) is 12.7 Å². The van der Waals surface area contributed by atoms with Crippen LogP contribution in [0, 0.1) is 6.92 Å². The summed E-state index contributed by atoms with van der Waals surface area (Å²) in [6.45, 7) is 4.30. The molecule has 0 atom stereocenters. The van der Waals surface area contributed by atoms with Crippen molar-refractivity contribution in [2.45, 2.75) is 6.42 Å². The minimum atomic E-state index is 0.204. The summed E-state index contributed by atoms with van der Waals surface area (Å²) >= 11 is 0. The smallest absolute Gasteiger partial charge is 0.145 e. The van der Waals surface area contributed by atoms with Gasteiger partial charge in [-0.05, 0) is 6.42 Å². The summed E-state index contributed by atoms with van der Waals surface area (Å²) in [7, 11) is 0. The SMILES string of the molecule is [CH2]CCOCC=O. The molecule has 0 N–H and O–H groups in total. The molecule has 0 aliphatic rings. The Kier molecular flexibility index (Phi) is 5.33. The Morgan fingerprint density at radius 3 is 2.86 bits per heavy atom. The molecule has 0 unspecified atom stereocenters. The van der Waals surface area contributed by atoms with E-state index in [1.165, 1.54) is 0 Å². The molecule has 0 aliphatic carbocycles.